The molecule has 0 aliphatic heterocycles. The lowest BCUT2D eigenvalue weighted by Gasteiger charge is -2.16. The number of likely N-dealkylation sites (N-methyl/N-ethyl adjacent to an activating group) is 1. The third-order valence-corrected chi connectivity index (χ3v) is 1.99. The molecule has 0 rings (SSSR count). The first-order chi connectivity index (χ1) is 7.02. The third-order valence-electron chi connectivity index (χ3n) is 1.99. The summed E-state index contributed by atoms with van der Waals surface area (Å²) in [6, 6.07) is -0.330. The van der Waals surface area contributed by atoms with Crippen LogP contribution in [0.3, 0.4) is 0 Å². The monoisotopic (exact) mass is 214 g/mol. The molecule has 88 valence electrons. The first-order valence-corrected chi connectivity index (χ1v) is 5.60. The van der Waals surface area contributed by atoms with Crippen LogP contribution >= 0.6 is 0 Å². The Morgan fingerprint density at radius 3 is 2.20 bits per heavy atom. The van der Waals surface area contributed by atoms with Crippen molar-refractivity contribution in [1.29, 1.82) is 0 Å². The maximum atomic E-state index is 11.7. The number of amides is 1. The summed E-state index contributed by atoms with van der Waals surface area (Å²) in [5, 5.41) is 5.64. The van der Waals surface area contributed by atoms with Crippen LogP contribution in [0, 0.1) is 0 Å². The molecule has 0 aliphatic carbocycles. The molecule has 0 saturated carbocycles. The number of carbonyl (C=O) groups excluding carboxylic acids is 2. The van der Waals surface area contributed by atoms with Crippen LogP contribution in [0.4, 0.5) is 0 Å². The quantitative estimate of drug-likeness (QED) is 0.618. The van der Waals surface area contributed by atoms with E-state index < -0.39 is 5.91 Å². The number of hydrogen-bond donors (Lipinski definition) is 2. The Kier molecular flexibility index (Phi) is 6.96. The van der Waals surface area contributed by atoms with Gasteiger partial charge in [-0.25, -0.2) is 0 Å². The fourth-order valence-corrected chi connectivity index (χ4v) is 1.35. The molecule has 0 spiro atoms. The molecule has 0 aliphatic rings. The Labute approximate surface area is 91.8 Å². The highest BCUT2D eigenvalue weighted by Gasteiger charge is 2.23. The Hall–Kier alpha value is -0.900. The van der Waals surface area contributed by atoms with Gasteiger partial charge in [-0.05, 0) is 26.8 Å². The van der Waals surface area contributed by atoms with Gasteiger partial charge in [0, 0.05) is 6.04 Å². The SMILES string of the molecule is CCCC(NCC)C(=O)C(=O)NC(C)C. The van der Waals surface area contributed by atoms with E-state index >= 15 is 0 Å². The molecule has 0 aromatic carbocycles. The van der Waals surface area contributed by atoms with E-state index in [4.69, 9.17) is 0 Å². The standard InChI is InChI=1S/C11H22N2O2/c1-5-7-9(12-6-2)10(14)11(15)13-8(3)4/h8-9,12H,5-7H2,1-4H3,(H,13,15). The Balaban J connectivity index is 4.28. The maximum Gasteiger partial charge on any atom is 0.289 e. The second-order valence-corrected chi connectivity index (χ2v) is 3.89. The molecule has 0 aromatic rings. The van der Waals surface area contributed by atoms with Crippen LogP contribution in [0.2, 0.25) is 0 Å². The van der Waals surface area contributed by atoms with Crippen LogP contribution in [-0.4, -0.2) is 30.3 Å². The van der Waals surface area contributed by atoms with E-state index in [0.717, 1.165) is 6.42 Å². The maximum absolute atomic E-state index is 11.7. The summed E-state index contributed by atoms with van der Waals surface area (Å²) in [6.07, 6.45) is 1.59. The van der Waals surface area contributed by atoms with E-state index in [1.807, 2.05) is 27.7 Å². The average molecular weight is 214 g/mol. The second-order valence-electron chi connectivity index (χ2n) is 3.89. The summed E-state index contributed by atoms with van der Waals surface area (Å²) in [6.45, 7) is 8.31. The van der Waals surface area contributed by atoms with Crippen molar-refractivity contribution in [2.45, 2.75) is 52.6 Å². The molecule has 1 unspecified atom stereocenters. The number of ketones is 1. The zero-order valence-corrected chi connectivity index (χ0v) is 10.1. The Morgan fingerprint density at radius 1 is 1.20 bits per heavy atom. The summed E-state index contributed by atoms with van der Waals surface area (Å²) in [7, 11) is 0. The summed E-state index contributed by atoms with van der Waals surface area (Å²) >= 11 is 0. The highest BCUT2D eigenvalue weighted by Crippen LogP contribution is 1.98. The van der Waals surface area contributed by atoms with Gasteiger partial charge in [-0.1, -0.05) is 20.3 Å². The first kappa shape index (κ1) is 14.1. The van der Waals surface area contributed by atoms with Crippen LogP contribution in [-0.2, 0) is 9.59 Å². The van der Waals surface area contributed by atoms with E-state index in [-0.39, 0.29) is 17.9 Å². The van der Waals surface area contributed by atoms with Crippen LogP contribution in [0.15, 0.2) is 0 Å². The number of hydrogen-bond acceptors (Lipinski definition) is 3. The molecule has 1 amide bonds. The predicted octanol–water partition coefficient (Wildman–Crippen LogP) is 0.858. The molecule has 0 fully saturated rings. The highest BCUT2D eigenvalue weighted by atomic mass is 16.2. The van der Waals surface area contributed by atoms with Crippen molar-refractivity contribution in [3.05, 3.63) is 0 Å². The molecule has 0 saturated heterocycles. The molecule has 0 bridgehead atoms. The highest BCUT2D eigenvalue weighted by molar-refractivity contribution is 6.38. The number of carbonyl (C=O) groups is 2. The summed E-state index contributed by atoms with van der Waals surface area (Å²) in [5.74, 6) is -0.836. The summed E-state index contributed by atoms with van der Waals surface area (Å²) in [5.41, 5.74) is 0. The topological polar surface area (TPSA) is 58.2 Å². The number of rotatable bonds is 7. The van der Waals surface area contributed by atoms with Crippen LogP contribution in [0.25, 0.3) is 0 Å². The molecule has 0 heterocycles. The zero-order chi connectivity index (χ0) is 11.8. The van der Waals surface area contributed by atoms with E-state index in [2.05, 4.69) is 10.6 Å². The Bertz CT molecular complexity index is 209. The molecule has 0 radical (unpaired) electrons. The van der Waals surface area contributed by atoms with Crippen LogP contribution in [0.5, 0.6) is 0 Å². The fraction of sp³-hybridized carbons (Fsp3) is 0.818. The van der Waals surface area contributed by atoms with Gasteiger partial charge in [0.05, 0.1) is 6.04 Å². The van der Waals surface area contributed by atoms with Gasteiger partial charge in [0.1, 0.15) is 0 Å². The Morgan fingerprint density at radius 2 is 1.80 bits per heavy atom. The minimum Gasteiger partial charge on any atom is -0.347 e. The molecule has 15 heavy (non-hydrogen) atoms. The lowest BCUT2D eigenvalue weighted by atomic mass is 10.1. The third kappa shape index (κ3) is 5.52. The van der Waals surface area contributed by atoms with E-state index in [1.54, 1.807) is 0 Å². The largest absolute Gasteiger partial charge is 0.347 e. The van der Waals surface area contributed by atoms with Crippen LogP contribution in [0.1, 0.15) is 40.5 Å². The van der Waals surface area contributed by atoms with E-state index in [1.165, 1.54) is 0 Å². The van der Waals surface area contributed by atoms with E-state index in [0.29, 0.717) is 13.0 Å². The van der Waals surface area contributed by atoms with Crippen molar-refractivity contribution >= 4 is 11.7 Å². The smallest absolute Gasteiger partial charge is 0.289 e. The molecule has 4 heteroatoms. The van der Waals surface area contributed by atoms with Gasteiger partial charge < -0.3 is 10.6 Å². The van der Waals surface area contributed by atoms with Gasteiger partial charge in [0.15, 0.2) is 0 Å². The molecular formula is C11H22N2O2. The zero-order valence-electron chi connectivity index (χ0n) is 10.1. The molecule has 4 nitrogen and oxygen atoms in total. The van der Waals surface area contributed by atoms with Crippen molar-refractivity contribution in [2.75, 3.05) is 6.54 Å². The van der Waals surface area contributed by atoms with Crippen molar-refractivity contribution in [3.8, 4) is 0 Å². The minimum atomic E-state index is -0.482. The van der Waals surface area contributed by atoms with Crippen molar-refractivity contribution in [1.82, 2.24) is 10.6 Å². The van der Waals surface area contributed by atoms with Gasteiger partial charge in [0.25, 0.3) is 5.91 Å². The molecule has 2 N–H and O–H groups in total. The summed E-state index contributed by atoms with van der Waals surface area (Å²) < 4.78 is 0. The first-order valence-electron chi connectivity index (χ1n) is 5.60. The lowest BCUT2D eigenvalue weighted by Crippen LogP contribution is -2.46. The molecule has 1 atom stereocenters. The lowest BCUT2D eigenvalue weighted by molar-refractivity contribution is -0.139. The van der Waals surface area contributed by atoms with Crippen LogP contribution < -0.4 is 10.6 Å². The number of Topliss-reactive ketones (excluding diaryl/α,β-unsaturated/α-hetero) is 1. The van der Waals surface area contributed by atoms with Gasteiger partial charge >= 0.3 is 0 Å². The van der Waals surface area contributed by atoms with Crippen molar-refractivity contribution in [3.63, 3.8) is 0 Å². The van der Waals surface area contributed by atoms with Crippen molar-refractivity contribution in [2.24, 2.45) is 0 Å². The van der Waals surface area contributed by atoms with Gasteiger partial charge in [-0.2, -0.15) is 0 Å². The second kappa shape index (κ2) is 7.40. The van der Waals surface area contributed by atoms with Gasteiger partial charge in [-0.15, -0.1) is 0 Å². The van der Waals surface area contributed by atoms with Gasteiger partial charge in [0.2, 0.25) is 5.78 Å². The molecule has 0 aromatic heterocycles. The van der Waals surface area contributed by atoms with Crippen molar-refractivity contribution < 1.29 is 9.59 Å². The normalized spacial score (nSPS) is 12.6. The fourth-order valence-electron chi connectivity index (χ4n) is 1.35. The average Bonchev–Trinajstić information content (AvgIpc) is 2.15. The number of nitrogens with one attached hydrogen (secondary N) is 2. The molecular weight excluding hydrogens is 192 g/mol. The summed E-state index contributed by atoms with van der Waals surface area (Å²) in [4.78, 5) is 23.1. The van der Waals surface area contributed by atoms with Gasteiger partial charge in [-0.3, -0.25) is 9.59 Å². The van der Waals surface area contributed by atoms with E-state index in [9.17, 15) is 9.59 Å². The predicted molar refractivity (Wildman–Crippen MR) is 60.7 cm³/mol. The minimum absolute atomic E-state index is 0.00496.